The molecule has 228 valence electrons. The van der Waals surface area contributed by atoms with Crippen molar-refractivity contribution in [1.29, 1.82) is 0 Å². The molecule has 8 nitrogen and oxygen atoms in total. The van der Waals surface area contributed by atoms with Crippen molar-refractivity contribution in [3.8, 4) is 17.2 Å². The van der Waals surface area contributed by atoms with E-state index in [4.69, 9.17) is 4.74 Å². The van der Waals surface area contributed by atoms with Crippen LogP contribution in [0.5, 0.6) is 11.5 Å². The summed E-state index contributed by atoms with van der Waals surface area (Å²) in [5.74, 6) is -1.92. The Bertz CT molecular complexity index is 1630. The number of hydrogen-bond acceptors (Lipinski definition) is 6. The van der Waals surface area contributed by atoms with Gasteiger partial charge in [0, 0.05) is 11.6 Å². The fourth-order valence-corrected chi connectivity index (χ4v) is 6.84. The number of ether oxygens (including phenoxy) is 3. The molecule has 2 aromatic carbocycles. The van der Waals surface area contributed by atoms with Crippen LogP contribution in [0.4, 0.5) is 32.0 Å². The molecule has 3 saturated carbocycles. The van der Waals surface area contributed by atoms with E-state index in [1.54, 1.807) is 6.92 Å². The summed E-state index contributed by atoms with van der Waals surface area (Å²) >= 11 is 0. The average molecular weight is 610 g/mol. The average Bonchev–Trinajstić information content (AvgIpc) is 3.42. The van der Waals surface area contributed by atoms with Crippen LogP contribution in [-0.4, -0.2) is 32.8 Å². The van der Waals surface area contributed by atoms with Crippen molar-refractivity contribution < 1.29 is 50.5 Å². The maximum absolute atomic E-state index is 15.0. The Morgan fingerprint density at radius 3 is 2.56 bits per heavy atom. The van der Waals surface area contributed by atoms with Crippen molar-refractivity contribution in [2.45, 2.75) is 75.7 Å². The third-order valence-corrected chi connectivity index (χ3v) is 8.81. The maximum atomic E-state index is 15.0. The molecule has 0 unspecified atom stereocenters. The molecule has 0 spiro atoms. The van der Waals surface area contributed by atoms with Gasteiger partial charge >= 0.3 is 18.4 Å². The lowest BCUT2D eigenvalue weighted by Crippen LogP contribution is -2.71. The van der Waals surface area contributed by atoms with Gasteiger partial charge in [0.15, 0.2) is 17.2 Å². The Morgan fingerprint density at radius 1 is 1.14 bits per heavy atom. The lowest BCUT2D eigenvalue weighted by Gasteiger charge is -2.67. The number of carbonyl (C=O) groups is 1. The van der Waals surface area contributed by atoms with E-state index in [1.807, 2.05) is 0 Å². The van der Waals surface area contributed by atoms with Crippen LogP contribution in [0, 0.1) is 11.2 Å². The van der Waals surface area contributed by atoms with E-state index in [1.165, 1.54) is 30.3 Å². The summed E-state index contributed by atoms with van der Waals surface area (Å²) in [7, 11) is 0. The van der Waals surface area contributed by atoms with E-state index >= 15 is 0 Å². The molecule has 2 N–H and O–H groups in total. The monoisotopic (exact) mass is 609 g/mol. The predicted octanol–water partition coefficient (Wildman–Crippen LogP) is 6.93. The zero-order valence-electron chi connectivity index (χ0n) is 22.6. The Balaban J connectivity index is 1.20. The summed E-state index contributed by atoms with van der Waals surface area (Å²) in [4.78, 5) is 11.6. The van der Waals surface area contributed by atoms with E-state index in [2.05, 4.69) is 19.9 Å². The lowest BCUT2D eigenvalue weighted by molar-refractivity contribution is -0.300. The number of anilines is 1. The normalized spacial score (nSPS) is 27.1. The van der Waals surface area contributed by atoms with Gasteiger partial charge in [0.25, 0.3) is 0 Å². The number of fused-ring (bicyclic) bond motifs is 2. The van der Waals surface area contributed by atoms with Crippen LogP contribution in [0.15, 0.2) is 36.4 Å². The number of carboxylic acids is 1. The summed E-state index contributed by atoms with van der Waals surface area (Å²) in [6.07, 6.45) is -7.40. The van der Waals surface area contributed by atoms with E-state index in [0.29, 0.717) is 37.7 Å². The van der Waals surface area contributed by atoms with Gasteiger partial charge in [-0.1, -0.05) is 6.07 Å². The molecule has 1 aromatic heterocycles. The first kappa shape index (κ1) is 27.9. The van der Waals surface area contributed by atoms with Crippen molar-refractivity contribution in [2.75, 3.05) is 5.32 Å². The van der Waals surface area contributed by atoms with Gasteiger partial charge in [-0.3, -0.25) is 4.79 Å². The molecular formula is C29H25F6N3O5. The smallest absolute Gasteiger partial charge is 0.481 e. The Morgan fingerprint density at radius 2 is 1.86 bits per heavy atom. The Labute approximate surface area is 240 Å². The summed E-state index contributed by atoms with van der Waals surface area (Å²) < 4.78 is 101. The molecule has 0 radical (unpaired) electrons. The molecule has 5 aliphatic rings. The van der Waals surface area contributed by atoms with Gasteiger partial charge in [-0.2, -0.15) is 18.3 Å². The third kappa shape index (κ3) is 4.48. The minimum absolute atomic E-state index is 0.00709. The van der Waals surface area contributed by atoms with Crippen LogP contribution in [0.2, 0.25) is 0 Å². The molecule has 0 amide bonds. The number of aliphatic carboxylic acids is 1. The maximum Gasteiger partial charge on any atom is 0.586 e. The number of aromatic nitrogens is 2. The highest BCUT2D eigenvalue weighted by Crippen LogP contribution is 2.70. The van der Waals surface area contributed by atoms with E-state index in [-0.39, 0.29) is 40.6 Å². The van der Waals surface area contributed by atoms with Crippen LogP contribution in [0.25, 0.3) is 5.69 Å². The minimum Gasteiger partial charge on any atom is -0.481 e. The number of nitrogens with one attached hydrogen (secondary N) is 1. The topological polar surface area (TPSA) is 94.8 Å². The second-order valence-electron chi connectivity index (χ2n) is 11.8. The summed E-state index contributed by atoms with van der Waals surface area (Å²) in [5.41, 5.74) is -1.76. The van der Waals surface area contributed by atoms with Gasteiger partial charge in [0.2, 0.25) is 0 Å². The van der Waals surface area contributed by atoms with E-state index in [9.17, 15) is 36.2 Å². The molecule has 2 atom stereocenters. The van der Waals surface area contributed by atoms with Gasteiger partial charge in [0.05, 0.1) is 28.1 Å². The highest BCUT2D eigenvalue weighted by Gasteiger charge is 2.73. The number of benzene rings is 2. The van der Waals surface area contributed by atoms with Crippen molar-refractivity contribution in [1.82, 2.24) is 9.78 Å². The van der Waals surface area contributed by atoms with Crippen LogP contribution >= 0.6 is 0 Å². The molecule has 14 heteroatoms. The number of hydrogen-bond donors (Lipinski definition) is 2. The van der Waals surface area contributed by atoms with Crippen LogP contribution < -0.4 is 14.8 Å². The molecule has 3 fully saturated rings. The lowest BCUT2D eigenvalue weighted by atomic mass is 9.41. The highest BCUT2D eigenvalue weighted by atomic mass is 19.4. The highest BCUT2D eigenvalue weighted by molar-refractivity contribution is 5.80. The number of carboxylic acid groups (broad SMARTS) is 1. The molecule has 4 aliphatic carbocycles. The second kappa shape index (κ2) is 9.04. The number of rotatable bonds is 7. The summed E-state index contributed by atoms with van der Waals surface area (Å²) in [6.45, 7) is 1.65. The SMILES string of the molecule is C[C@H](Nc1cc(-n2nc(C(F)(F)F)c3c2[C@H](OC24CC(C(=O)O)(C2)C4)CCC3)ccc1F)c1ccc2c(c1)OC(F)(F)O2. The van der Waals surface area contributed by atoms with Crippen LogP contribution in [-0.2, 0) is 22.1 Å². The number of alkyl halides is 5. The Hall–Kier alpha value is -3.94. The first-order chi connectivity index (χ1) is 20.2. The van der Waals surface area contributed by atoms with Gasteiger partial charge < -0.3 is 24.6 Å². The fourth-order valence-electron chi connectivity index (χ4n) is 6.84. The molecular weight excluding hydrogens is 584 g/mol. The van der Waals surface area contributed by atoms with Crippen molar-refractivity contribution >= 4 is 11.7 Å². The van der Waals surface area contributed by atoms with Crippen LogP contribution in [0.1, 0.15) is 73.7 Å². The molecule has 2 bridgehead atoms. The zero-order valence-corrected chi connectivity index (χ0v) is 22.6. The number of nitrogens with zero attached hydrogens (tertiary/aromatic N) is 2. The van der Waals surface area contributed by atoms with Gasteiger partial charge in [0.1, 0.15) is 11.9 Å². The van der Waals surface area contributed by atoms with Gasteiger partial charge in [-0.05, 0) is 81.3 Å². The summed E-state index contributed by atoms with van der Waals surface area (Å²) in [6, 6.07) is 7.24. The van der Waals surface area contributed by atoms with Crippen molar-refractivity contribution in [3.63, 3.8) is 0 Å². The molecule has 3 aromatic rings. The molecule has 1 aliphatic heterocycles. The predicted molar refractivity (Wildman–Crippen MR) is 137 cm³/mol. The van der Waals surface area contributed by atoms with Crippen LogP contribution in [0.3, 0.4) is 0 Å². The van der Waals surface area contributed by atoms with E-state index < -0.39 is 53.1 Å². The van der Waals surface area contributed by atoms with Crippen molar-refractivity contribution in [3.05, 3.63) is 64.7 Å². The molecule has 2 heterocycles. The zero-order chi connectivity index (χ0) is 30.5. The third-order valence-electron chi connectivity index (χ3n) is 8.81. The quantitative estimate of drug-likeness (QED) is 0.281. The second-order valence-corrected chi connectivity index (χ2v) is 11.8. The first-order valence-corrected chi connectivity index (χ1v) is 13.7. The Kier molecular flexibility index (Phi) is 5.86. The van der Waals surface area contributed by atoms with Crippen molar-refractivity contribution in [2.24, 2.45) is 5.41 Å². The van der Waals surface area contributed by atoms with Gasteiger partial charge in [-0.25, -0.2) is 9.07 Å². The molecule has 8 rings (SSSR count). The minimum atomic E-state index is -4.74. The molecule has 43 heavy (non-hydrogen) atoms. The largest absolute Gasteiger partial charge is 0.586 e. The summed E-state index contributed by atoms with van der Waals surface area (Å²) in [5, 5.41) is 16.4. The molecule has 0 saturated heterocycles. The number of halogens is 6. The van der Waals surface area contributed by atoms with Gasteiger partial charge in [-0.15, -0.1) is 8.78 Å². The van der Waals surface area contributed by atoms with E-state index in [0.717, 1.165) is 10.7 Å². The first-order valence-electron chi connectivity index (χ1n) is 13.7. The fraction of sp³-hybridized carbons (Fsp3) is 0.448. The standard InChI is InChI=1S/C29H25F6N3O5/c1-14(15-5-8-20-22(9-15)43-29(34,35)42-20)36-19-10-16(6-7-18(19)30)38-23-17(24(37-38)28(31,32)33)3-2-4-21(23)41-27-11-26(12-27,13-27)25(39)40/h5-10,14,21,36H,2-4,11-13H2,1H3,(H,39,40)/t14-,21+,26?,27?/m0/s1.